The highest BCUT2D eigenvalue weighted by atomic mass is 28.5. The molecular formula is C24H68O11Si10. The summed E-state index contributed by atoms with van der Waals surface area (Å²) in [4.78, 5) is 10.3. The summed E-state index contributed by atoms with van der Waals surface area (Å²) >= 11 is 0. The Balaban J connectivity index is 5.44. The van der Waals surface area contributed by atoms with Gasteiger partial charge in [-0.3, -0.25) is 0 Å². The van der Waals surface area contributed by atoms with Gasteiger partial charge in [0.1, 0.15) is 0 Å². The van der Waals surface area contributed by atoms with Crippen molar-refractivity contribution in [1.82, 2.24) is 0 Å². The van der Waals surface area contributed by atoms with Crippen LogP contribution in [0.5, 0.6) is 0 Å². The molecule has 0 saturated carbocycles. The first-order valence-corrected chi connectivity index (χ1v) is 44.1. The van der Waals surface area contributed by atoms with Crippen molar-refractivity contribution >= 4 is 85.4 Å². The molecule has 0 unspecified atom stereocenters. The van der Waals surface area contributed by atoms with Gasteiger partial charge in [-0.25, -0.2) is 0 Å². The molecular weight excluding hydrogens is 745 g/mol. The van der Waals surface area contributed by atoms with Crippen molar-refractivity contribution in [2.24, 2.45) is 0 Å². The molecule has 0 aromatic carbocycles. The van der Waals surface area contributed by atoms with Gasteiger partial charge in [0, 0.05) is 0 Å². The summed E-state index contributed by atoms with van der Waals surface area (Å²) < 4.78 is 64.8. The molecule has 0 heterocycles. The molecule has 45 heavy (non-hydrogen) atoms. The molecule has 0 aliphatic carbocycles. The van der Waals surface area contributed by atoms with Crippen LogP contribution in [0.2, 0.25) is 131 Å². The SMILES string of the molecule is C=CCOC[Si](C)(C)O[Si](C)(C)O[Si](C)(C)O[Si](C)(C)O[Si](C)(C)O[Si](C)(C)O[Si](C)(C)O[Si](C)(C)O[Si](C)(C)O[Si](C)(C)O. The second-order valence-electron chi connectivity index (χ2n) is 16.1. The van der Waals surface area contributed by atoms with Crippen molar-refractivity contribution in [3.05, 3.63) is 12.7 Å². The lowest BCUT2D eigenvalue weighted by Gasteiger charge is -2.44. The van der Waals surface area contributed by atoms with E-state index in [1.165, 1.54) is 0 Å². The Morgan fingerprint density at radius 3 is 0.844 bits per heavy atom. The molecule has 11 nitrogen and oxygen atoms in total. The molecule has 0 spiro atoms. The lowest BCUT2D eigenvalue weighted by Crippen LogP contribution is -2.62. The molecule has 0 rings (SSSR count). The summed E-state index contributed by atoms with van der Waals surface area (Å²) in [5.41, 5.74) is 0. The van der Waals surface area contributed by atoms with Crippen LogP contribution in [-0.4, -0.2) is 103 Å². The van der Waals surface area contributed by atoms with Crippen LogP contribution < -0.4 is 0 Å². The van der Waals surface area contributed by atoms with Gasteiger partial charge in [0.05, 0.1) is 12.8 Å². The Morgan fingerprint density at radius 2 is 0.622 bits per heavy atom. The molecule has 0 aromatic heterocycles. The Bertz CT molecular complexity index is 953. The van der Waals surface area contributed by atoms with Gasteiger partial charge in [-0.05, 0) is 131 Å². The van der Waals surface area contributed by atoms with Gasteiger partial charge in [-0.2, -0.15) is 0 Å². The molecule has 0 saturated heterocycles. The molecule has 0 fully saturated rings. The van der Waals surface area contributed by atoms with Crippen molar-refractivity contribution < 1.29 is 46.6 Å². The number of ether oxygens (including phenoxy) is 1. The maximum Gasteiger partial charge on any atom is 0.320 e. The molecule has 0 aliphatic rings. The van der Waals surface area contributed by atoms with E-state index in [0.29, 0.717) is 12.8 Å². The lowest BCUT2D eigenvalue weighted by atomic mass is 10.7. The van der Waals surface area contributed by atoms with E-state index in [1.807, 2.05) is 78.6 Å². The fraction of sp³-hybridized carbons (Fsp3) is 0.917. The highest BCUT2D eigenvalue weighted by molar-refractivity contribution is 6.93. The number of hydrogen-bond donors (Lipinski definition) is 1. The molecule has 0 amide bonds. The molecule has 1 N–H and O–H groups in total. The maximum absolute atomic E-state index is 10.3. The average molecular weight is 814 g/mol. The van der Waals surface area contributed by atoms with Crippen LogP contribution in [0.1, 0.15) is 0 Å². The third-order valence-corrected chi connectivity index (χ3v) is 41.7. The fourth-order valence-electron chi connectivity index (χ4n) is 5.99. The van der Waals surface area contributed by atoms with E-state index >= 15 is 0 Å². The van der Waals surface area contributed by atoms with Crippen LogP contribution in [0.15, 0.2) is 12.7 Å². The fourth-order valence-corrected chi connectivity index (χ4v) is 54.5. The quantitative estimate of drug-likeness (QED) is 0.0671. The topological polar surface area (TPSA) is 113 Å². The van der Waals surface area contributed by atoms with Crippen molar-refractivity contribution in [3.63, 3.8) is 0 Å². The standard InChI is InChI=1S/C24H68O11Si10/c1-22-23-26-24-36(2,3)27-38(6,7)29-40(10,11)31-42(14,15)33-44(18,19)35-45(20,21)34-43(16,17)32-41(12,13)30-39(8,9)28-37(4,5)25/h22,25H,1,23-24H2,2-21H3. The van der Waals surface area contributed by atoms with Gasteiger partial charge in [0.2, 0.25) is 8.32 Å². The summed E-state index contributed by atoms with van der Waals surface area (Å²) in [5.74, 6) is 0. The Morgan fingerprint density at radius 1 is 0.400 bits per heavy atom. The molecule has 0 atom stereocenters. The largest absolute Gasteiger partial charge is 0.435 e. The van der Waals surface area contributed by atoms with E-state index in [9.17, 15) is 4.80 Å². The Hall–Kier alpha value is 1.47. The van der Waals surface area contributed by atoms with Gasteiger partial charge >= 0.3 is 77.0 Å². The molecule has 0 aromatic rings. The second kappa shape index (κ2) is 16.2. The van der Waals surface area contributed by atoms with E-state index in [4.69, 9.17) is 41.8 Å². The van der Waals surface area contributed by atoms with Crippen molar-refractivity contribution in [3.8, 4) is 0 Å². The summed E-state index contributed by atoms with van der Waals surface area (Å²) in [7, 11) is -26.0. The first kappa shape index (κ1) is 46.5. The average Bonchev–Trinajstić information content (AvgIpc) is 2.56. The van der Waals surface area contributed by atoms with E-state index in [-0.39, 0.29) is 0 Å². The predicted molar refractivity (Wildman–Crippen MR) is 208 cm³/mol. The molecule has 21 heteroatoms. The Labute approximate surface area is 287 Å². The zero-order valence-corrected chi connectivity index (χ0v) is 42.2. The van der Waals surface area contributed by atoms with Gasteiger partial charge in [0.15, 0.2) is 0 Å². The third-order valence-electron chi connectivity index (χ3n) is 5.14. The summed E-state index contributed by atoms with van der Waals surface area (Å²) in [6, 6.07) is 0. The lowest BCUT2D eigenvalue weighted by molar-refractivity contribution is 0.191. The summed E-state index contributed by atoms with van der Waals surface area (Å²) in [6.45, 7) is 44.5. The minimum absolute atomic E-state index is 0.511. The monoisotopic (exact) mass is 812 g/mol. The van der Waals surface area contributed by atoms with Crippen molar-refractivity contribution in [2.75, 3.05) is 12.8 Å². The highest BCUT2D eigenvalue weighted by Crippen LogP contribution is 2.30. The van der Waals surface area contributed by atoms with Gasteiger partial charge in [-0.1, -0.05) is 6.08 Å². The smallest absolute Gasteiger partial charge is 0.320 e. The van der Waals surface area contributed by atoms with E-state index in [0.717, 1.165) is 0 Å². The second-order valence-corrected chi connectivity index (χ2v) is 52.6. The first-order valence-electron chi connectivity index (χ1n) is 15.6. The van der Waals surface area contributed by atoms with E-state index < -0.39 is 85.4 Å². The minimum Gasteiger partial charge on any atom is -0.435 e. The zero-order chi connectivity index (χ0) is 36.2. The first-order chi connectivity index (χ1) is 19.4. The van der Waals surface area contributed by atoms with Crippen LogP contribution in [-0.2, 0) is 41.8 Å². The zero-order valence-electron chi connectivity index (χ0n) is 32.2. The van der Waals surface area contributed by atoms with Gasteiger partial charge in [0.25, 0.3) is 0 Å². The predicted octanol–water partition coefficient (Wildman–Crippen LogP) is 7.39. The Kier molecular flexibility index (Phi) is 16.7. The van der Waals surface area contributed by atoms with E-state index in [2.05, 4.69) is 45.9 Å². The highest BCUT2D eigenvalue weighted by Gasteiger charge is 2.50. The normalized spacial score (nSPS) is 15.5. The third kappa shape index (κ3) is 22.7. The van der Waals surface area contributed by atoms with Crippen molar-refractivity contribution in [1.29, 1.82) is 0 Å². The van der Waals surface area contributed by atoms with Crippen LogP contribution in [0.3, 0.4) is 0 Å². The minimum atomic E-state index is -2.74. The van der Waals surface area contributed by atoms with Crippen molar-refractivity contribution in [2.45, 2.75) is 131 Å². The molecule has 0 aliphatic heterocycles. The molecule has 270 valence electrons. The maximum atomic E-state index is 10.3. The van der Waals surface area contributed by atoms with Gasteiger partial charge < -0.3 is 46.6 Å². The van der Waals surface area contributed by atoms with Crippen LogP contribution in [0.25, 0.3) is 0 Å². The number of rotatable bonds is 22. The summed E-state index contributed by atoms with van der Waals surface area (Å²) in [6.07, 6.45) is 2.33. The van der Waals surface area contributed by atoms with Crippen LogP contribution in [0, 0.1) is 0 Å². The van der Waals surface area contributed by atoms with Crippen LogP contribution >= 0.6 is 0 Å². The molecule has 0 radical (unpaired) electrons. The van der Waals surface area contributed by atoms with Crippen LogP contribution in [0.4, 0.5) is 0 Å². The van der Waals surface area contributed by atoms with Gasteiger partial charge in [-0.15, -0.1) is 6.58 Å². The number of hydrogen-bond acceptors (Lipinski definition) is 11. The van der Waals surface area contributed by atoms with E-state index in [1.54, 1.807) is 19.2 Å². The molecule has 0 bridgehead atoms. The summed E-state index contributed by atoms with van der Waals surface area (Å²) in [5, 5.41) is 0.